The third-order valence-corrected chi connectivity index (χ3v) is 5.41. The van der Waals surface area contributed by atoms with E-state index in [1.165, 1.54) is 0 Å². The molecule has 0 aliphatic heterocycles. The molecule has 3 aromatic heterocycles. The number of aromatic nitrogens is 5. The van der Waals surface area contributed by atoms with E-state index in [0.717, 1.165) is 50.4 Å². The summed E-state index contributed by atoms with van der Waals surface area (Å²) in [6.45, 7) is 0. The second-order valence-corrected chi connectivity index (χ2v) is 7.25. The minimum absolute atomic E-state index is 0.750. The number of fused-ring (bicyclic) bond motifs is 1. The maximum atomic E-state index is 5.41. The van der Waals surface area contributed by atoms with Crippen molar-refractivity contribution in [2.45, 2.75) is 0 Å². The Morgan fingerprint density at radius 2 is 1.74 bits per heavy atom. The Morgan fingerprint density at radius 3 is 2.58 bits per heavy atom. The van der Waals surface area contributed by atoms with Crippen molar-refractivity contribution in [2.24, 2.45) is 0 Å². The molecule has 0 amide bonds. The van der Waals surface area contributed by atoms with Crippen LogP contribution in [0.25, 0.3) is 50.4 Å². The highest BCUT2D eigenvalue weighted by atomic mass is 16.5. The van der Waals surface area contributed by atoms with Crippen LogP contribution in [0.1, 0.15) is 0 Å². The standard InChI is InChI=1S/C25H17N5O/c1-2-7-21(25-11-13-28-31-25)20(6-1)17-4-3-5-19(14-17)30-16-26-23-15-18(8-9-24(23)30)22-10-12-27-29-22/h1-16H,(H,27,29). The molecule has 0 bridgehead atoms. The van der Waals surface area contributed by atoms with Gasteiger partial charge < -0.3 is 4.52 Å². The number of nitrogens with zero attached hydrogens (tertiary/aromatic N) is 4. The molecule has 6 aromatic rings. The van der Waals surface area contributed by atoms with E-state index in [2.05, 4.69) is 73.4 Å². The van der Waals surface area contributed by atoms with Gasteiger partial charge in [0.05, 0.1) is 22.9 Å². The Hall–Kier alpha value is -4.45. The van der Waals surface area contributed by atoms with Crippen LogP contribution in [0.15, 0.2) is 102 Å². The molecule has 3 aromatic carbocycles. The Kier molecular flexibility index (Phi) is 3.99. The Bertz CT molecular complexity index is 1480. The summed E-state index contributed by atoms with van der Waals surface area (Å²) >= 11 is 0. The topological polar surface area (TPSA) is 72.5 Å². The molecule has 6 heteroatoms. The van der Waals surface area contributed by atoms with Gasteiger partial charge in [0.25, 0.3) is 0 Å². The molecular formula is C25H17N5O. The largest absolute Gasteiger partial charge is 0.356 e. The van der Waals surface area contributed by atoms with Crippen molar-refractivity contribution in [3.63, 3.8) is 0 Å². The zero-order valence-corrected chi connectivity index (χ0v) is 16.4. The number of H-pyrrole nitrogens is 1. The van der Waals surface area contributed by atoms with Gasteiger partial charge in [-0.2, -0.15) is 5.10 Å². The lowest BCUT2D eigenvalue weighted by Gasteiger charge is -2.10. The van der Waals surface area contributed by atoms with E-state index in [0.29, 0.717) is 0 Å². The molecule has 0 saturated carbocycles. The molecule has 31 heavy (non-hydrogen) atoms. The van der Waals surface area contributed by atoms with Crippen LogP contribution < -0.4 is 0 Å². The van der Waals surface area contributed by atoms with Gasteiger partial charge in [-0.1, -0.05) is 47.6 Å². The zero-order chi connectivity index (χ0) is 20.6. The molecule has 0 fully saturated rings. The maximum Gasteiger partial charge on any atom is 0.167 e. The molecule has 0 unspecified atom stereocenters. The fraction of sp³-hybridized carbons (Fsp3) is 0. The lowest BCUT2D eigenvalue weighted by atomic mass is 9.98. The summed E-state index contributed by atoms with van der Waals surface area (Å²) in [4.78, 5) is 4.63. The van der Waals surface area contributed by atoms with Gasteiger partial charge in [0.1, 0.15) is 6.33 Å². The summed E-state index contributed by atoms with van der Waals surface area (Å²) in [5.41, 5.74) is 8.14. The van der Waals surface area contributed by atoms with Crippen LogP contribution in [0.2, 0.25) is 0 Å². The maximum absolute atomic E-state index is 5.41. The Morgan fingerprint density at radius 1 is 0.806 bits per heavy atom. The first kappa shape index (κ1) is 17.4. The fourth-order valence-electron chi connectivity index (χ4n) is 3.93. The summed E-state index contributed by atoms with van der Waals surface area (Å²) < 4.78 is 7.51. The van der Waals surface area contributed by atoms with Gasteiger partial charge in [-0.05, 0) is 41.5 Å². The number of nitrogens with one attached hydrogen (secondary N) is 1. The fourth-order valence-corrected chi connectivity index (χ4v) is 3.93. The first-order valence-corrected chi connectivity index (χ1v) is 9.95. The molecular weight excluding hydrogens is 386 g/mol. The predicted octanol–water partition coefficient (Wildman–Crippen LogP) is 5.74. The third-order valence-electron chi connectivity index (χ3n) is 5.41. The monoisotopic (exact) mass is 403 g/mol. The van der Waals surface area contributed by atoms with E-state index in [1.807, 2.05) is 42.9 Å². The molecule has 0 spiro atoms. The van der Waals surface area contributed by atoms with Crippen molar-refractivity contribution in [1.82, 2.24) is 24.9 Å². The molecule has 0 aliphatic rings. The first-order valence-electron chi connectivity index (χ1n) is 9.95. The summed E-state index contributed by atoms with van der Waals surface area (Å²) in [6.07, 6.45) is 5.35. The van der Waals surface area contributed by atoms with Gasteiger partial charge in [-0.25, -0.2) is 4.98 Å². The lowest BCUT2D eigenvalue weighted by Crippen LogP contribution is -1.93. The minimum Gasteiger partial charge on any atom is -0.356 e. The van der Waals surface area contributed by atoms with E-state index in [4.69, 9.17) is 4.52 Å². The van der Waals surface area contributed by atoms with Gasteiger partial charge in [0.2, 0.25) is 0 Å². The number of benzene rings is 3. The quantitative estimate of drug-likeness (QED) is 0.407. The smallest absolute Gasteiger partial charge is 0.167 e. The van der Waals surface area contributed by atoms with Crippen molar-refractivity contribution in [3.05, 3.63) is 97.6 Å². The number of hydrogen-bond donors (Lipinski definition) is 1. The van der Waals surface area contributed by atoms with E-state index in [1.54, 1.807) is 6.20 Å². The van der Waals surface area contributed by atoms with Crippen LogP contribution in [0, 0.1) is 0 Å². The molecule has 6 rings (SSSR count). The number of hydrogen-bond acceptors (Lipinski definition) is 4. The van der Waals surface area contributed by atoms with Crippen molar-refractivity contribution in [1.29, 1.82) is 0 Å². The van der Waals surface area contributed by atoms with Gasteiger partial charge in [0, 0.05) is 29.1 Å². The summed E-state index contributed by atoms with van der Waals surface area (Å²) in [7, 11) is 0. The SMILES string of the molecule is c1cc(-c2ccccc2-c2ccno2)cc(-n2cnc3cc(-c4cc[nH]n4)ccc32)c1. The normalized spacial score (nSPS) is 11.2. The zero-order valence-electron chi connectivity index (χ0n) is 16.4. The predicted molar refractivity (Wildman–Crippen MR) is 120 cm³/mol. The summed E-state index contributed by atoms with van der Waals surface area (Å²) in [5, 5.41) is 11.0. The van der Waals surface area contributed by atoms with Crippen molar-refractivity contribution >= 4 is 11.0 Å². The highest BCUT2D eigenvalue weighted by molar-refractivity contribution is 5.84. The average Bonchev–Trinajstić information content (AvgIpc) is 3.60. The molecule has 0 aliphatic carbocycles. The highest BCUT2D eigenvalue weighted by Gasteiger charge is 2.12. The molecule has 148 valence electrons. The summed E-state index contributed by atoms with van der Waals surface area (Å²) in [6, 6.07) is 26.6. The van der Waals surface area contributed by atoms with Crippen LogP contribution in [-0.4, -0.2) is 24.9 Å². The average molecular weight is 403 g/mol. The van der Waals surface area contributed by atoms with E-state index < -0.39 is 0 Å². The molecule has 1 N–H and O–H groups in total. The van der Waals surface area contributed by atoms with Crippen LogP contribution in [0.4, 0.5) is 0 Å². The molecule has 0 radical (unpaired) electrons. The number of rotatable bonds is 4. The Labute approximate surface area is 177 Å². The summed E-state index contributed by atoms with van der Waals surface area (Å²) in [5.74, 6) is 0.750. The van der Waals surface area contributed by atoms with Crippen molar-refractivity contribution in [3.8, 4) is 39.4 Å². The molecule has 6 nitrogen and oxygen atoms in total. The lowest BCUT2D eigenvalue weighted by molar-refractivity contribution is 0.432. The Balaban J connectivity index is 1.44. The second kappa shape index (κ2) is 7.11. The van der Waals surface area contributed by atoms with E-state index in [9.17, 15) is 0 Å². The number of imidazole rings is 1. The van der Waals surface area contributed by atoms with Gasteiger partial charge in [-0.3, -0.25) is 9.67 Å². The minimum atomic E-state index is 0.750. The van der Waals surface area contributed by atoms with Crippen LogP contribution >= 0.6 is 0 Å². The van der Waals surface area contributed by atoms with Gasteiger partial charge in [0.15, 0.2) is 5.76 Å². The van der Waals surface area contributed by atoms with E-state index in [-0.39, 0.29) is 0 Å². The number of aromatic amines is 1. The first-order chi connectivity index (χ1) is 15.4. The second-order valence-electron chi connectivity index (χ2n) is 7.25. The molecule has 0 atom stereocenters. The van der Waals surface area contributed by atoms with Crippen LogP contribution in [0.3, 0.4) is 0 Å². The van der Waals surface area contributed by atoms with Gasteiger partial charge in [-0.15, -0.1) is 0 Å². The van der Waals surface area contributed by atoms with Crippen LogP contribution in [-0.2, 0) is 0 Å². The van der Waals surface area contributed by atoms with Crippen molar-refractivity contribution < 1.29 is 4.52 Å². The van der Waals surface area contributed by atoms with Crippen LogP contribution in [0.5, 0.6) is 0 Å². The third kappa shape index (κ3) is 3.02. The van der Waals surface area contributed by atoms with Gasteiger partial charge >= 0.3 is 0 Å². The molecule has 3 heterocycles. The molecule has 0 saturated heterocycles. The highest BCUT2D eigenvalue weighted by Crippen LogP contribution is 2.33. The van der Waals surface area contributed by atoms with Crippen molar-refractivity contribution in [2.75, 3.05) is 0 Å². The van der Waals surface area contributed by atoms with E-state index >= 15 is 0 Å².